The van der Waals surface area contributed by atoms with Gasteiger partial charge in [0.2, 0.25) is 0 Å². The number of rotatable bonds is 5. The molecule has 1 aliphatic rings. The Hall–Kier alpha value is -5.93. The van der Waals surface area contributed by atoms with E-state index in [9.17, 15) is 0 Å². The Labute approximate surface area is 309 Å². The molecule has 4 heteroatoms. The van der Waals surface area contributed by atoms with Crippen molar-refractivity contribution in [3.63, 3.8) is 0 Å². The minimum Gasteiger partial charge on any atom is -0.0575 e. The second-order valence-corrected chi connectivity index (χ2v) is 16.3. The van der Waals surface area contributed by atoms with Crippen molar-refractivity contribution in [3.05, 3.63) is 175 Å². The van der Waals surface area contributed by atoms with Crippen LogP contribution >= 0.6 is 0 Å². The average Bonchev–Trinajstić information content (AvgIpc) is 3.70. The van der Waals surface area contributed by atoms with Crippen LogP contribution in [0.1, 0.15) is 25.0 Å². The molecule has 52 heavy (non-hydrogen) atoms. The molecule has 246 valence electrons. The maximum absolute atomic E-state index is 5.19. The molecule has 0 fully saturated rings. The first-order valence-corrected chi connectivity index (χ1v) is 19.4. The van der Waals surface area contributed by atoms with Crippen molar-refractivity contribution in [2.75, 3.05) is 0 Å². The van der Waals surface area contributed by atoms with Gasteiger partial charge in [0, 0.05) is 5.41 Å². The zero-order valence-electron chi connectivity index (χ0n) is 28.8. The fraction of sp³-hybridized carbons (Fsp3) is 0.0625. The molecule has 2 aromatic heterocycles. The number of aromatic nitrogens is 3. The zero-order chi connectivity index (χ0) is 34.8. The quantitative estimate of drug-likeness (QED) is 0.166. The van der Waals surface area contributed by atoms with Crippen molar-refractivity contribution < 1.29 is 0 Å². The summed E-state index contributed by atoms with van der Waals surface area (Å²) in [6, 6.07) is 58.7. The van der Waals surface area contributed by atoms with Crippen LogP contribution in [0.25, 0.3) is 86.8 Å². The summed E-state index contributed by atoms with van der Waals surface area (Å²) >= 11 is 0.182. The molecule has 10 rings (SSSR count). The van der Waals surface area contributed by atoms with E-state index < -0.39 is 0 Å². The average molecular weight is 731 g/mol. The smallest absolute Gasteiger partial charge is 0.0575 e. The van der Waals surface area contributed by atoms with E-state index in [1.807, 2.05) is 18.2 Å². The Kier molecular flexibility index (Phi) is 7.18. The predicted molar refractivity (Wildman–Crippen MR) is 217 cm³/mol. The summed E-state index contributed by atoms with van der Waals surface area (Å²) in [7, 11) is 0. The van der Waals surface area contributed by atoms with Crippen molar-refractivity contribution in [2.24, 2.45) is 0 Å². The topological polar surface area (TPSA) is 38.7 Å². The number of nitrogens with zero attached hydrogens (tertiary/aromatic N) is 3. The Morgan fingerprint density at radius 2 is 0.962 bits per heavy atom. The summed E-state index contributed by atoms with van der Waals surface area (Å²) in [5, 5.41) is 2.66. The van der Waals surface area contributed by atoms with E-state index in [4.69, 9.17) is 15.0 Å². The van der Waals surface area contributed by atoms with Gasteiger partial charge in [-0.3, -0.25) is 0 Å². The fourth-order valence-electron chi connectivity index (χ4n) is 7.99. The maximum atomic E-state index is 5.19. The summed E-state index contributed by atoms with van der Waals surface area (Å²) in [6.07, 6.45) is 0. The van der Waals surface area contributed by atoms with Crippen LogP contribution in [0.3, 0.4) is 0 Å². The van der Waals surface area contributed by atoms with Gasteiger partial charge in [0.1, 0.15) is 0 Å². The van der Waals surface area contributed by atoms with Crippen molar-refractivity contribution in [2.45, 2.75) is 19.3 Å². The van der Waals surface area contributed by atoms with Crippen LogP contribution in [0.4, 0.5) is 0 Å². The number of fused-ring (bicyclic) bond motifs is 6. The molecule has 0 atom stereocenters. The van der Waals surface area contributed by atoms with E-state index in [0.29, 0.717) is 17.5 Å². The van der Waals surface area contributed by atoms with Gasteiger partial charge in [0.05, 0.1) is 0 Å². The van der Waals surface area contributed by atoms with Gasteiger partial charge >= 0.3 is 255 Å². The van der Waals surface area contributed by atoms with Crippen molar-refractivity contribution in [1.29, 1.82) is 0 Å². The van der Waals surface area contributed by atoms with Gasteiger partial charge in [-0.25, -0.2) is 0 Å². The molecule has 0 saturated heterocycles. The van der Waals surface area contributed by atoms with Crippen LogP contribution in [0.5, 0.6) is 0 Å². The van der Waals surface area contributed by atoms with Gasteiger partial charge < -0.3 is 0 Å². The molecule has 0 radical (unpaired) electrons. The molecular formula is C48H33N3Se. The molecule has 0 unspecified atom stereocenters. The Balaban J connectivity index is 1.12. The Morgan fingerprint density at radius 1 is 0.404 bits per heavy atom. The monoisotopic (exact) mass is 731 g/mol. The first-order valence-electron chi connectivity index (χ1n) is 17.7. The van der Waals surface area contributed by atoms with Crippen molar-refractivity contribution in [3.8, 4) is 67.5 Å². The molecule has 0 spiro atoms. The summed E-state index contributed by atoms with van der Waals surface area (Å²) in [6.45, 7) is 4.66. The molecule has 2 heterocycles. The fourth-order valence-corrected chi connectivity index (χ4v) is 10.5. The van der Waals surface area contributed by atoms with Crippen LogP contribution < -0.4 is 0 Å². The molecule has 0 aliphatic heterocycles. The van der Waals surface area contributed by atoms with Crippen molar-refractivity contribution >= 4 is 33.8 Å². The van der Waals surface area contributed by atoms with Crippen LogP contribution in [0.15, 0.2) is 164 Å². The second-order valence-electron chi connectivity index (χ2n) is 14.0. The summed E-state index contributed by atoms with van der Waals surface area (Å²) < 4.78 is 2.77. The third-order valence-corrected chi connectivity index (χ3v) is 12.9. The predicted octanol–water partition coefficient (Wildman–Crippen LogP) is 11.9. The molecule has 0 N–H and O–H groups in total. The first-order chi connectivity index (χ1) is 25.5. The van der Waals surface area contributed by atoms with Gasteiger partial charge in [-0.2, -0.15) is 0 Å². The van der Waals surface area contributed by atoms with Crippen LogP contribution in [0, 0.1) is 0 Å². The van der Waals surface area contributed by atoms with Gasteiger partial charge in [0.25, 0.3) is 0 Å². The SMILES string of the molecule is CC1(C)c2ccccc2-c2c(-c3cccc(-c4nc(-c5ccccc5)nc(-c5ccc6c(c5)[se]c5cccc(-c7ccccc7)c56)n4)c3)cccc21. The molecule has 7 aromatic carbocycles. The molecule has 0 bridgehead atoms. The van der Waals surface area contributed by atoms with Crippen LogP contribution in [-0.2, 0) is 5.41 Å². The van der Waals surface area contributed by atoms with E-state index in [-0.39, 0.29) is 19.9 Å². The van der Waals surface area contributed by atoms with Crippen LogP contribution in [-0.4, -0.2) is 29.5 Å². The van der Waals surface area contributed by atoms with Gasteiger partial charge in [-0.05, 0) is 5.56 Å². The third-order valence-electron chi connectivity index (χ3n) is 10.5. The van der Waals surface area contributed by atoms with Crippen LogP contribution in [0.2, 0.25) is 0 Å². The van der Waals surface area contributed by atoms with E-state index in [2.05, 4.69) is 159 Å². The standard InChI is InChI=1S/C48H33N3Se/c1-48(2)39-23-10-9-20-37(39)43-36(21-12-24-40(43)48)32-18-11-19-33(28-32)46-49-45(31-16-7-4-8-17-31)50-47(51-46)34-26-27-38-42(29-34)52-41-25-13-22-35(44(38)41)30-14-5-3-6-15-30/h3-29H,1-2H3. The second kappa shape index (κ2) is 12.1. The van der Waals surface area contributed by atoms with E-state index in [1.165, 1.54) is 58.2 Å². The van der Waals surface area contributed by atoms with Gasteiger partial charge in [0.15, 0.2) is 0 Å². The Bertz CT molecular complexity index is 2820. The summed E-state index contributed by atoms with van der Waals surface area (Å²) in [5.74, 6) is 2.02. The van der Waals surface area contributed by atoms with E-state index in [1.54, 1.807) is 0 Å². The summed E-state index contributed by atoms with van der Waals surface area (Å²) in [4.78, 5) is 15.4. The number of benzene rings is 7. The minimum atomic E-state index is -0.0606. The molecule has 9 aromatic rings. The third kappa shape index (κ3) is 4.98. The number of hydrogen-bond donors (Lipinski definition) is 0. The summed E-state index contributed by atoms with van der Waals surface area (Å²) in [5.41, 5.74) is 13.2. The zero-order valence-corrected chi connectivity index (χ0v) is 30.6. The molecular weight excluding hydrogens is 698 g/mol. The molecule has 0 amide bonds. The molecule has 3 nitrogen and oxygen atoms in total. The first kappa shape index (κ1) is 30.9. The van der Waals surface area contributed by atoms with Gasteiger partial charge in [-0.1, -0.05) is 44.2 Å². The van der Waals surface area contributed by atoms with E-state index in [0.717, 1.165) is 22.3 Å². The Morgan fingerprint density at radius 3 is 1.75 bits per heavy atom. The molecule has 0 saturated carbocycles. The van der Waals surface area contributed by atoms with E-state index >= 15 is 0 Å². The molecule has 1 aliphatic carbocycles. The normalized spacial score (nSPS) is 13.0. The minimum absolute atomic E-state index is 0.0606. The van der Waals surface area contributed by atoms with Crippen molar-refractivity contribution in [1.82, 2.24) is 15.0 Å². The van der Waals surface area contributed by atoms with Gasteiger partial charge in [-0.15, -0.1) is 0 Å². The number of hydrogen-bond acceptors (Lipinski definition) is 3.